The van der Waals surface area contributed by atoms with E-state index in [1.54, 1.807) is 6.20 Å². The van der Waals surface area contributed by atoms with Crippen LogP contribution in [0.15, 0.2) is 12.4 Å². The quantitative estimate of drug-likeness (QED) is 0.696. The lowest BCUT2D eigenvalue weighted by Crippen LogP contribution is -1.97. The van der Waals surface area contributed by atoms with Crippen molar-refractivity contribution >= 4 is 17.6 Å². The number of carboxylic acids is 1. The first-order chi connectivity index (χ1) is 6.70. The van der Waals surface area contributed by atoms with Gasteiger partial charge < -0.3 is 5.11 Å². The number of nitrogens with zero attached hydrogens (tertiary/aromatic N) is 2. The van der Waals surface area contributed by atoms with E-state index >= 15 is 0 Å². The van der Waals surface area contributed by atoms with Crippen LogP contribution in [0.25, 0.3) is 11.3 Å². The summed E-state index contributed by atoms with van der Waals surface area (Å²) in [7, 11) is 0. The van der Waals surface area contributed by atoms with Crippen LogP contribution >= 0.6 is 11.6 Å². The molecule has 0 amide bonds. The van der Waals surface area contributed by atoms with Gasteiger partial charge >= 0.3 is 5.97 Å². The summed E-state index contributed by atoms with van der Waals surface area (Å²) in [5, 5.41) is 21.3. The van der Waals surface area contributed by atoms with E-state index in [1.807, 2.05) is 0 Å². The molecule has 72 valence electrons. The highest BCUT2D eigenvalue weighted by Crippen LogP contribution is 2.25. The molecule has 0 fully saturated rings. The van der Waals surface area contributed by atoms with Gasteiger partial charge in [-0.25, -0.2) is 4.79 Å². The average Bonchev–Trinajstić information content (AvgIpc) is 2.70. The van der Waals surface area contributed by atoms with Gasteiger partial charge in [-0.3, -0.25) is 10.2 Å². The molecule has 0 saturated carbocycles. The molecular formula is C7H5ClN4O2. The Bertz CT molecular complexity index is 462. The number of carboxylic acid groups (broad SMARTS) is 1. The molecule has 0 saturated heterocycles. The second-order valence-electron chi connectivity index (χ2n) is 2.55. The first-order valence-corrected chi connectivity index (χ1v) is 4.04. The van der Waals surface area contributed by atoms with Gasteiger partial charge in [0.2, 0.25) is 0 Å². The fourth-order valence-electron chi connectivity index (χ4n) is 1.11. The van der Waals surface area contributed by atoms with Gasteiger partial charge in [0.25, 0.3) is 0 Å². The molecule has 2 aromatic rings. The van der Waals surface area contributed by atoms with Crippen molar-refractivity contribution in [1.29, 1.82) is 0 Å². The summed E-state index contributed by atoms with van der Waals surface area (Å²) in [6, 6.07) is 0. The van der Waals surface area contributed by atoms with Gasteiger partial charge in [0.15, 0.2) is 0 Å². The Morgan fingerprint density at radius 1 is 1.57 bits per heavy atom. The molecule has 2 rings (SSSR count). The predicted molar refractivity (Wildman–Crippen MR) is 48.1 cm³/mol. The van der Waals surface area contributed by atoms with Crippen molar-refractivity contribution in [3.63, 3.8) is 0 Å². The molecule has 0 aliphatic heterocycles. The topological polar surface area (TPSA) is 94.7 Å². The molecule has 0 bridgehead atoms. The van der Waals surface area contributed by atoms with E-state index in [1.165, 1.54) is 6.20 Å². The van der Waals surface area contributed by atoms with Gasteiger partial charge in [-0.2, -0.15) is 10.2 Å². The van der Waals surface area contributed by atoms with Crippen molar-refractivity contribution in [1.82, 2.24) is 20.4 Å². The summed E-state index contributed by atoms with van der Waals surface area (Å²) in [5.41, 5.74) is 0.801. The highest BCUT2D eigenvalue weighted by molar-refractivity contribution is 6.33. The minimum Gasteiger partial charge on any atom is -0.478 e. The average molecular weight is 213 g/mol. The van der Waals surface area contributed by atoms with E-state index in [0.717, 1.165) is 0 Å². The van der Waals surface area contributed by atoms with Crippen LogP contribution in [-0.2, 0) is 0 Å². The molecule has 0 aliphatic carbocycles. The number of halogens is 1. The maximum atomic E-state index is 10.8. The standard InChI is InChI=1S/C7H5ClN4O2/c8-6-4(7(13)14)5(11-12-6)3-1-9-10-2-3/h1-2H,(H,9,10)(H,11,12)(H,13,14). The van der Waals surface area contributed by atoms with E-state index in [0.29, 0.717) is 5.56 Å². The number of rotatable bonds is 2. The van der Waals surface area contributed by atoms with Crippen LogP contribution in [0.1, 0.15) is 10.4 Å². The van der Waals surface area contributed by atoms with Crippen molar-refractivity contribution in [3.8, 4) is 11.3 Å². The lowest BCUT2D eigenvalue weighted by molar-refractivity contribution is 0.0698. The maximum absolute atomic E-state index is 10.8. The number of hydrogen-bond donors (Lipinski definition) is 3. The molecule has 0 atom stereocenters. The summed E-state index contributed by atoms with van der Waals surface area (Å²) >= 11 is 5.63. The number of H-pyrrole nitrogens is 2. The highest BCUT2D eigenvalue weighted by atomic mass is 35.5. The van der Waals surface area contributed by atoms with Crippen LogP contribution in [-0.4, -0.2) is 31.5 Å². The van der Waals surface area contributed by atoms with Gasteiger partial charge in [0.1, 0.15) is 16.4 Å². The second kappa shape index (κ2) is 3.15. The molecule has 0 spiro atoms. The molecule has 2 aromatic heterocycles. The number of nitrogens with one attached hydrogen (secondary N) is 2. The molecule has 0 aromatic carbocycles. The highest BCUT2D eigenvalue weighted by Gasteiger charge is 2.20. The summed E-state index contributed by atoms with van der Waals surface area (Å²) < 4.78 is 0. The first-order valence-electron chi connectivity index (χ1n) is 3.66. The van der Waals surface area contributed by atoms with Gasteiger partial charge in [0.05, 0.1) is 6.20 Å². The molecule has 0 aliphatic rings. The lowest BCUT2D eigenvalue weighted by atomic mass is 10.1. The van der Waals surface area contributed by atoms with Crippen LogP contribution in [0, 0.1) is 0 Å². The van der Waals surface area contributed by atoms with E-state index in [4.69, 9.17) is 16.7 Å². The number of aromatic nitrogens is 4. The number of aromatic carboxylic acids is 1. The van der Waals surface area contributed by atoms with E-state index in [-0.39, 0.29) is 16.4 Å². The Kier molecular flexibility index (Phi) is 1.97. The zero-order chi connectivity index (χ0) is 10.1. The van der Waals surface area contributed by atoms with Crippen LogP contribution in [0.2, 0.25) is 5.15 Å². The lowest BCUT2D eigenvalue weighted by Gasteiger charge is -1.92. The number of hydrogen-bond acceptors (Lipinski definition) is 3. The van der Waals surface area contributed by atoms with Crippen molar-refractivity contribution in [2.45, 2.75) is 0 Å². The van der Waals surface area contributed by atoms with Crippen molar-refractivity contribution in [2.24, 2.45) is 0 Å². The predicted octanol–water partition coefficient (Wildman–Crippen LogP) is 1.15. The largest absolute Gasteiger partial charge is 0.478 e. The third-order valence-electron chi connectivity index (χ3n) is 1.71. The maximum Gasteiger partial charge on any atom is 0.341 e. The zero-order valence-corrected chi connectivity index (χ0v) is 7.54. The summed E-state index contributed by atoms with van der Waals surface area (Å²) in [4.78, 5) is 10.8. The zero-order valence-electron chi connectivity index (χ0n) is 6.78. The molecule has 14 heavy (non-hydrogen) atoms. The Labute approximate surface area is 82.9 Å². The van der Waals surface area contributed by atoms with Gasteiger partial charge in [-0.1, -0.05) is 11.6 Å². The molecule has 7 heteroatoms. The smallest absolute Gasteiger partial charge is 0.341 e. The minimum absolute atomic E-state index is 0.00806. The molecular weight excluding hydrogens is 208 g/mol. The Morgan fingerprint density at radius 3 is 2.93 bits per heavy atom. The van der Waals surface area contributed by atoms with E-state index in [2.05, 4.69) is 20.4 Å². The molecule has 2 heterocycles. The van der Waals surface area contributed by atoms with Crippen LogP contribution in [0.3, 0.4) is 0 Å². The van der Waals surface area contributed by atoms with Gasteiger partial charge in [-0.05, 0) is 0 Å². The number of carbonyl (C=O) groups is 1. The van der Waals surface area contributed by atoms with Gasteiger partial charge in [0, 0.05) is 11.8 Å². The van der Waals surface area contributed by atoms with Crippen molar-refractivity contribution in [2.75, 3.05) is 0 Å². The molecule has 6 nitrogen and oxygen atoms in total. The van der Waals surface area contributed by atoms with Crippen LogP contribution < -0.4 is 0 Å². The third-order valence-corrected chi connectivity index (χ3v) is 1.98. The van der Waals surface area contributed by atoms with Crippen LogP contribution in [0.5, 0.6) is 0 Å². The SMILES string of the molecule is O=C(O)c1c(-c2cn[nH]c2)n[nH]c1Cl. The fraction of sp³-hybridized carbons (Fsp3) is 0. The summed E-state index contributed by atoms with van der Waals surface area (Å²) in [6.45, 7) is 0. The summed E-state index contributed by atoms with van der Waals surface area (Å²) in [5.74, 6) is -1.13. The van der Waals surface area contributed by atoms with Crippen molar-refractivity contribution < 1.29 is 9.90 Å². The molecule has 3 N–H and O–H groups in total. The molecule has 0 radical (unpaired) electrons. The minimum atomic E-state index is -1.13. The normalized spacial score (nSPS) is 10.4. The fourth-order valence-corrected chi connectivity index (χ4v) is 1.32. The van der Waals surface area contributed by atoms with E-state index in [9.17, 15) is 4.79 Å². The Hall–Kier alpha value is -1.82. The van der Waals surface area contributed by atoms with Crippen molar-refractivity contribution in [3.05, 3.63) is 23.1 Å². The Morgan fingerprint density at radius 2 is 2.36 bits per heavy atom. The van der Waals surface area contributed by atoms with E-state index < -0.39 is 5.97 Å². The molecule has 0 unspecified atom stereocenters. The summed E-state index contributed by atoms with van der Waals surface area (Å²) in [6.07, 6.45) is 3.01. The first kappa shape index (κ1) is 8.76. The third kappa shape index (κ3) is 1.25. The van der Waals surface area contributed by atoms with Crippen LogP contribution in [0.4, 0.5) is 0 Å². The second-order valence-corrected chi connectivity index (χ2v) is 2.93. The number of aromatic amines is 2. The Balaban J connectivity index is 2.60. The van der Waals surface area contributed by atoms with Gasteiger partial charge in [-0.15, -0.1) is 0 Å². The monoisotopic (exact) mass is 212 g/mol.